The minimum Gasteiger partial charge on any atom is -0.478 e. The minimum atomic E-state index is -0.911. The van der Waals surface area contributed by atoms with Gasteiger partial charge in [0.1, 0.15) is 0 Å². The first kappa shape index (κ1) is 14.6. The Morgan fingerprint density at radius 3 is 2.50 bits per heavy atom. The van der Waals surface area contributed by atoms with E-state index in [0.717, 1.165) is 12.1 Å². The molecule has 0 heterocycles. The van der Waals surface area contributed by atoms with Crippen LogP contribution in [0.15, 0.2) is 30.3 Å². The fourth-order valence-corrected chi connectivity index (χ4v) is 2.25. The molecule has 20 heavy (non-hydrogen) atoms. The highest BCUT2D eigenvalue weighted by atomic mass is 16.4. The highest BCUT2D eigenvalue weighted by molar-refractivity contribution is 5.85. The van der Waals surface area contributed by atoms with Crippen LogP contribution in [0, 0.1) is 5.92 Å². The Labute approximate surface area is 120 Å². The van der Waals surface area contributed by atoms with Crippen molar-refractivity contribution in [1.29, 1.82) is 0 Å². The predicted octanol–water partition coefficient (Wildman–Crippen LogP) is 3.80. The van der Waals surface area contributed by atoms with Crippen molar-refractivity contribution in [2.75, 3.05) is 11.4 Å². The molecule has 1 N–H and O–H groups in total. The first-order chi connectivity index (χ1) is 9.56. The number of carboxylic acid groups (broad SMARTS) is 1. The fraction of sp³-hybridized carbons (Fsp3) is 0.471. The van der Waals surface area contributed by atoms with Gasteiger partial charge in [0.2, 0.25) is 0 Å². The Balaban J connectivity index is 2.04. The molecule has 0 amide bonds. The Bertz CT molecular complexity index is 472. The van der Waals surface area contributed by atoms with Crippen LogP contribution >= 0.6 is 0 Å². The third-order valence-electron chi connectivity index (χ3n) is 3.58. The lowest BCUT2D eigenvalue weighted by atomic mass is 10.1. The van der Waals surface area contributed by atoms with E-state index in [1.807, 2.05) is 12.1 Å². The third-order valence-corrected chi connectivity index (χ3v) is 3.58. The van der Waals surface area contributed by atoms with Gasteiger partial charge in [0.05, 0.1) is 0 Å². The van der Waals surface area contributed by atoms with Gasteiger partial charge in [-0.05, 0) is 49.0 Å². The van der Waals surface area contributed by atoms with Crippen molar-refractivity contribution in [2.24, 2.45) is 5.92 Å². The van der Waals surface area contributed by atoms with Crippen LogP contribution in [-0.2, 0) is 4.79 Å². The van der Waals surface area contributed by atoms with E-state index in [1.165, 1.54) is 31.0 Å². The van der Waals surface area contributed by atoms with Crippen LogP contribution in [-0.4, -0.2) is 23.7 Å². The molecule has 1 aromatic rings. The van der Waals surface area contributed by atoms with Gasteiger partial charge in [0.25, 0.3) is 0 Å². The Hall–Kier alpha value is -1.77. The molecule has 0 unspecified atom stereocenters. The fourth-order valence-electron chi connectivity index (χ4n) is 2.25. The summed E-state index contributed by atoms with van der Waals surface area (Å²) in [6, 6.07) is 8.87. The van der Waals surface area contributed by atoms with Crippen molar-refractivity contribution >= 4 is 17.7 Å². The smallest absolute Gasteiger partial charge is 0.328 e. The molecular formula is C17H23NO2. The number of nitrogens with zero attached hydrogens (tertiary/aromatic N) is 1. The van der Waals surface area contributed by atoms with Crippen molar-refractivity contribution in [1.82, 2.24) is 0 Å². The predicted molar refractivity (Wildman–Crippen MR) is 82.9 cm³/mol. The van der Waals surface area contributed by atoms with Gasteiger partial charge in [0.15, 0.2) is 0 Å². The van der Waals surface area contributed by atoms with E-state index in [4.69, 9.17) is 5.11 Å². The van der Waals surface area contributed by atoms with E-state index in [0.29, 0.717) is 12.0 Å². The maximum atomic E-state index is 10.5. The Morgan fingerprint density at radius 2 is 2.00 bits per heavy atom. The second-order valence-corrected chi connectivity index (χ2v) is 5.87. The molecule has 1 saturated carbocycles. The highest BCUT2D eigenvalue weighted by Gasteiger charge is 2.28. The molecule has 3 heteroatoms. The molecule has 0 aromatic heterocycles. The first-order valence-electron chi connectivity index (χ1n) is 7.34. The van der Waals surface area contributed by atoms with Crippen LogP contribution in [0.4, 0.5) is 5.69 Å². The quantitative estimate of drug-likeness (QED) is 0.768. The zero-order valence-corrected chi connectivity index (χ0v) is 12.2. The maximum Gasteiger partial charge on any atom is 0.328 e. The van der Waals surface area contributed by atoms with Gasteiger partial charge < -0.3 is 10.0 Å². The molecule has 0 spiro atoms. The summed E-state index contributed by atoms with van der Waals surface area (Å²) in [5, 5.41) is 8.63. The summed E-state index contributed by atoms with van der Waals surface area (Å²) in [4.78, 5) is 13.0. The van der Waals surface area contributed by atoms with Crippen LogP contribution in [0.5, 0.6) is 0 Å². The van der Waals surface area contributed by atoms with E-state index in [-0.39, 0.29) is 0 Å². The monoisotopic (exact) mass is 273 g/mol. The summed E-state index contributed by atoms with van der Waals surface area (Å²) in [7, 11) is 0. The third kappa shape index (κ3) is 4.41. The molecule has 1 aliphatic carbocycles. The molecule has 108 valence electrons. The van der Waals surface area contributed by atoms with Crippen molar-refractivity contribution in [3.05, 3.63) is 35.9 Å². The SMILES string of the molecule is CC(C)CCN(c1ccc(/C=C/C(=O)O)cc1)C1CC1. The van der Waals surface area contributed by atoms with Crippen LogP contribution < -0.4 is 4.90 Å². The summed E-state index contributed by atoms with van der Waals surface area (Å²) >= 11 is 0. The number of hydrogen-bond donors (Lipinski definition) is 1. The van der Waals surface area contributed by atoms with Gasteiger partial charge in [-0.3, -0.25) is 0 Å². The van der Waals surface area contributed by atoms with Crippen molar-refractivity contribution in [3.8, 4) is 0 Å². The van der Waals surface area contributed by atoms with Gasteiger partial charge in [-0.25, -0.2) is 4.79 Å². The highest BCUT2D eigenvalue weighted by Crippen LogP contribution is 2.32. The van der Waals surface area contributed by atoms with Crippen LogP contribution in [0.2, 0.25) is 0 Å². The second-order valence-electron chi connectivity index (χ2n) is 5.87. The van der Waals surface area contributed by atoms with Crippen LogP contribution in [0.3, 0.4) is 0 Å². The molecule has 0 aliphatic heterocycles. The molecular weight excluding hydrogens is 250 g/mol. The Morgan fingerprint density at radius 1 is 1.35 bits per heavy atom. The van der Waals surface area contributed by atoms with E-state index < -0.39 is 5.97 Å². The number of carboxylic acids is 1. The van der Waals surface area contributed by atoms with E-state index in [1.54, 1.807) is 6.08 Å². The normalized spacial score (nSPS) is 14.9. The molecule has 3 nitrogen and oxygen atoms in total. The van der Waals surface area contributed by atoms with Gasteiger partial charge >= 0.3 is 5.97 Å². The zero-order chi connectivity index (χ0) is 14.5. The maximum absolute atomic E-state index is 10.5. The first-order valence-corrected chi connectivity index (χ1v) is 7.34. The summed E-state index contributed by atoms with van der Waals surface area (Å²) in [5.74, 6) is -0.195. The van der Waals surface area contributed by atoms with E-state index >= 15 is 0 Å². The second kappa shape index (κ2) is 6.60. The van der Waals surface area contributed by atoms with E-state index in [2.05, 4.69) is 30.9 Å². The minimum absolute atomic E-state index is 0.703. The number of rotatable bonds is 7. The average molecular weight is 273 g/mol. The topological polar surface area (TPSA) is 40.5 Å². The van der Waals surface area contributed by atoms with Gasteiger partial charge in [-0.2, -0.15) is 0 Å². The summed E-state index contributed by atoms with van der Waals surface area (Å²) in [6.45, 7) is 5.61. The number of hydrogen-bond acceptors (Lipinski definition) is 2. The lowest BCUT2D eigenvalue weighted by Gasteiger charge is -2.25. The summed E-state index contributed by atoms with van der Waals surface area (Å²) in [5.41, 5.74) is 2.18. The average Bonchev–Trinajstić information content (AvgIpc) is 3.22. The van der Waals surface area contributed by atoms with Crippen molar-refractivity contribution in [2.45, 2.75) is 39.2 Å². The largest absolute Gasteiger partial charge is 0.478 e. The van der Waals surface area contributed by atoms with Crippen LogP contribution in [0.1, 0.15) is 38.7 Å². The van der Waals surface area contributed by atoms with Crippen molar-refractivity contribution in [3.63, 3.8) is 0 Å². The lowest BCUT2D eigenvalue weighted by Crippen LogP contribution is -2.27. The van der Waals surface area contributed by atoms with Crippen LogP contribution in [0.25, 0.3) is 6.08 Å². The molecule has 0 bridgehead atoms. The zero-order valence-electron chi connectivity index (χ0n) is 12.2. The molecule has 0 saturated heterocycles. The molecule has 1 aromatic carbocycles. The lowest BCUT2D eigenvalue weighted by molar-refractivity contribution is -0.131. The molecule has 1 aliphatic rings. The molecule has 2 rings (SSSR count). The van der Waals surface area contributed by atoms with Gasteiger partial charge in [-0.15, -0.1) is 0 Å². The van der Waals surface area contributed by atoms with E-state index in [9.17, 15) is 4.79 Å². The standard InChI is InChI=1S/C17H23NO2/c1-13(2)11-12-18(16-8-9-16)15-6-3-14(4-7-15)5-10-17(19)20/h3-7,10,13,16H,8-9,11-12H2,1-2H3,(H,19,20)/b10-5+. The van der Waals surface area contributed by atoms with Gasteiger partial charge in [0, 0.05) is 24.4 Å². The molecule has 1 fully saturated rings. The Kier molecular flexibility index (Phi) is 4.83. The summed E-state index contributed by atoms with van der Waals surface area (Å²) < 4.78 is 0. The number of anilines is 1. The summed E-state index contributed by atoms with van der Waals surface area (Å²) in [6.07, 6.45) is 6.59. The number of aliphatic carboxylic acids is 1. The molecule has 0 atom stereocenters. The van der Waals surface area contributed by atoms with Gasteiger partial charge in [-0.1, -0.05) is 26.0 Å². The number of carbonyl (C=O) groups is 1. The number of benzene rings is 1. The van der Waals surface area contributed by atoms with Crippen molar-refractivity contribution < 1.29 is 9.90 Å². The molecule has 0 radical (unpaired) electrons.